The SMILES string of the molecule is O=P(O)(O)Oc1ccc2ccccc2c1Br. The van der Waals surface area contributed by atoms with Gasteiger partial charge in [-0.05, 0) is 32.8 Å². The zero-order chi connectivity index (χ0) is 11.8. The molecule has 6 heteroatoms. The molecule has 2 aromatic rings. The molecular weight excluding hydrogens is 295 g/mol. The smallest absolute Gasteiger partial charge is 0.403 e. The molecule has 0 heterocycles. The maximum atomic E-state index is 10.7. The van der Waals surface area contributed by atoms with Crippen molar-refractivity contribution >= 4 is 34.5 Å². The normalized spacial score (nSPS) is 11.7. The Morgan fingerprint density at radius 3 is 2.50 bits per heavy atom. The summed E-state index contributed by atoms with van der Waals surface area (Å²) in [6, 6.07) is 10.7. The van der Waals surface area contributed by atoms with Gasteiger partial charge in [0.05, 0.1) is 4.47 Å². The second kappa shape index (κ2) is 4.18. The Labute approximate surface area is 100 Å². The van der Waals surface area contributed by atoms with Gasteiger partial charge in [-0.2, -0.15) is 0 Å². The monoisotopic (exact) mass is 302 g/mol. The van der Waals surface area contributed by atoms with Crippen molar-refractivity contribution in [3.8, 4) is 5.75 Å². The lowest BCUT2D eigenvalue weighted by Crippen LogP contribution is -1.91. The standard InChI is InChI=1S/C10H8BrO4P/c11-10-8-4-2-1-3-7(8)5-6-9(10)15-16(12,13)14/h1-6H,(H2,12,13,14). The third-order valence-electron chi connectivity index (χ3n) is 2.05. The van der Waals surface area contributed by atoms with E-state index in [2.05, 4.69) is 20.5 Å². The van der Waals surface area contributed by atoms with Crippen molar-refractivity contribution in [1.29, 1.82) is 0 Å². The van der Waals surface area contributed by atoms with E-state index >= 15 is 0 Å². The lowest BCUT2D eigenvalue weighted by molar-refractivity contribution is 0.283. The quantitative estimate of drug-likeness (QED) is 0.837. The fourth-order valence-electron chi connectivity index (χ4n) is 1.41. The second-order valence-electron chi connectivity index (χ2n) is 3.18. The number of halogens is 1. The fraction of sp³-hybridized carbons (Fsp3) is 0. The van der Waals surface area contributed by atoms with Crippen LogP contribution in [0.4, 0.5) is 0 Å². The van der Waals surface area contributed by atoms with E-state index in [0.717, 1.165) is 10.8 Å². The highest BCUT2D eigenvalue weighted by Crippen LogP contribution is 2.43. The Morgan fingerprint density at radius 2 is 1.81 bits per heavy atom. The van der Waals surface area contributed by atoms with Gasteiger partial charge in [0, 0.05) is 0 Å². The van der Waals surface area contributed by atoms with Crippen molar-refractivity contribution < 1.29 is 18.9 Å². The van der Waals surface area contributed by atoms with Crippen LogP contribution < -0.4 is 4.52 Å². The van der Waals surface area contributed by atoms with Gasteiger partial charge in [0.15, 0.2) is 0 Å². The molecule has 0 spiro atoms. The number of benzene rings is 2. The van der Waals surface area contributed by atoms with Gasteiger partial charge in [-0.1, -0.05) is 30.3 Å². The van der Waals surface area contributed by atoms with Crippen LogP contribution in [0.5, 0.6) is 5.75 Å². The van der Waals surface area contributed by atoms with E-state index in [1.807, 2.05) is 24.3 Å². The molecule has 0 bridgehead atoms. The molecule has 0 fully saturated rings. The number of hydrogen-bond acceptors (Lipinski definition) is 2. The molecular formula is C10H8BrO4P. The van der Waals surface area contributed by atoms with Crippen molar-refractivity contribution in [2.75, 3.05) is 0 Å². The van der Waals surface area contributed by atoms with Gasteiger partial charge in [-0.25, -0.2) is 4.57 Å². The first-order valence-electron chi connectivity index (χ1n) is 4.40. The van der Waals surface area contributed by atoms with Gasteiger partial charge in [0.1, 0.15) is 5.75 Å². The molecule has 0 aliphatic heterocycles. The van der Waals surface area contributed by atoms with E-state index in [1.165, 1.54) is 6.07 Å². The van der Waals surface area contributed by atoms with Crippen molar-refractivity contribution in [2.24, 2.45) is 0 Å². The van der Waals surface area contributed by atoms with E-state index in [1.54, 1.807) is 6.07 Å². The third-order valence-corrected chi connectivity index (χ3v) is 3.30. The fourth-order valence-corrected chi connectivity index (χ4v) is 2.52. The number of phosphoric acid groups is 1. The number of rotatable bonds is 2. The maximum Gasteiger partial charge on any atom is 0.524 e. The molecule has 2 aromatic carbocycles. The highest BCUT2D eigenvalue weighted by molar-refractivity contribution is 9.10. The molecule has 16 heavy (non-hydrogen) atoms. The van der Waals surface area contributed by atoms with E-state index in [-0.39, 0.29) is 5.75 Å². The molecule has 0 saturated carbocycles. The number of hydrogen-bond donors (Lipinski definition) is 2. The molecule has 2 rings (SSSR count). The number of fused-ring (bicyclic) bond motifs is 1. The van der Waals surface area contributed by atoms with E-state index in [0.29, 0.717) is 4.47 Å². The van der Waals surface area contributed by atoms with Crippen LogP contribution >= 0.6 is 23.8 Å². The minimum atomic E-state index is -4.52. The molecule has 0 aromatic heterocycles. The predicted molar refractivity (Wildman–Crippen MR) is 64.3 cm³/mol. The summed E-state index contributed by atoms with van der Waals surface area (Å²) in [6.07, 6.45) is 0. The summed E-state index contributed by atoms with van der Waals surface area (Å²) in [5.41, 5.74) is 0. The van der Waals surface area contributed by atoms with Crippen LogP contribution in [-0.2, 0) is 4.57 Å². The Morgan fingerprint density at radius 1 is 1.12 bits per heavy atom. The van der Waals surface area contributed by atoms with Crippen LogP contribution in [0.2, 0.25) is 0 Å². The summed E-state index contributed by atoms with van der Waals surface area (Å²) in [5, 5.41) is 1.81. The molecule has 2 N–H and O–H groups in total. The topological polar surface area (TPSA) is 66.8 Å². The van der Waals surface area contributed by atoms with Crippen molar-refractivity contribution in [3.05, 3.63) is 40.9 Å². The molecule has 0 unspecified atom stereocenters. The first-order valence-corrected chi connectivity index (χ1v) is 6.72. The second-order valence-corrected chi connectivity index (χ2v) is 5.14. The van der Waals surface area contributed by atoms with E-state index in [4.69, 9.17) is 9.79 Å². The summed E-state index contributed by atoms with van der Waals surface area (Å²) in [5.74, 6) is 0.132. The highest BCUT2D eigenvalue weighted by atomic mass is 79.9. The summed E-state index contributed by atoms with van der Waals surface area (Å²) in [4.78, 5) is 17.5. The van der Waals surface area contributed by atoms with Crippen LogP contribution in [0.15, 0.2) is 40.9 Å². The van der Waals surface area contributed by atoms with E-state index < -0.39 is 7.82 Å². The highest BCUT2D eigenvalue weighted by Gasteiger charge is 2.18. The maximum absolute atomic E-state index is 10.7. The molecule has 84 valence electrons. The van der Waals surface area contributed by atoms with Crippen LogP contribution in [0.3, 0.4) is 0 Å². The molecule has 0 saturated heterocycles. The molecule has 4 nitrogen and oxygen atoms in total. The van der Waals surface area contributed by atoms with Crippen LogP contribution in [0, 0.1) is 0 Å². The zero-order valence-electron chi connectivity index (χ0n) is 8.00. The Bertz CT molecular complexity index is 578. The molecule has 0 atom stereocenters. The molecule has 0 radical (unpaired) electrons. The molecule has 0 aliphatic rings. The van der Waals surface area contributed by atoms with Crippen molar-refractivity contribution in [1.82, 2.24) is 0 Å². The summed E-state index contributed by atoms with van der Waals surface area (Å²) in [7, 11) is -4.52. The summed E-state index contributed by atoms with van der Waals surface area (Å²) < 4.78 is 15.8. The minimum absolute atomic E-state index is 0.132. The zero-order valence-corrected chi connectivity index (χ0v) is 10.5. The Kier molecular flexibility index (Phi) is 3.04. The summed E-state index contributed by atoms with van der Waals surface area (Å²) >= 11 is 3.27. The van der Waals surface area contributed by atoms with Crippen LogP contribution in [-0.4, -0.2) is 9.79 Å². The van der Waals surface area contributed by atoms with Gasteiger partial charge < -0.3 is 4.52 Å². The van der Waals surface area contributed by atoms with Crippen molar-refractivity contribution in [3.63, 3.8) is 0 Å². The van der Waals surface area contributed by atoms with Gasteiger partial charge in [-0.3, -0.25) is 9.79 Å². The van der Waals surface area contributed by atoms with Crippen LogP contribution in [0.25, 0.3) is 10.8 Å². The summed E-state index contributed by atoms with van der Waals surface area (Å²) in [6.45, 7) is 0. The molecule has 0 aliphatic carbocycles. The van der Waals surface area contributed by atoms with Gasteiger partial charge >= 0.3 is 7.82 Å². The van der Waals surface area contributed by atoms with Gasteiger partial charge in [-0.15, -0.1) is 0 Å². The first-order chi connectivity index (χ1) is 7.47. The predicted octanol–water partition coefficient (Wildman–Crippen LogP) is 3.07. The average molecular weight is 303 g/mol. The third kappa shape index (κ3) is 2.44. The number of phosphoric ester groups is 1. The van der Waals surface area contributed by atoms with E-state index in [9.17, 15) is 4.57 Å². The lowest BCUT2D eigenvalue weighted by Gasteiger charge is -2.10. The Hall–Kier alpha value is -0.870. The van der Waals surface area contributed by atoms with Gasteiger partial charge in [0.25, 0.3) is 0 Å². The van der Waals surface area contributed by atoms with Crippen molar-refractivity contribution in [2.45, 2.75) is 0 Å². The molecule has 0 amide bonds. The van der Waals surface area contributed by atoms with Gasteiger partial charge in [0.2, 0.25) is 0 Å². The van der Waals surface area contributed by atoms with Crippen LogP contribution in [0.1, 0.15) is 0 Å². The lowest BCUT2D eigenvalue weighted by atomic mass is 10.1. The Balaban J connectivity index is 2.57. The largest absolute Gasteiger partial charge is 0.524 e. The minimum Gasteiger partial charge on any atom is -0.403 e. The first kappa shape index (κ1) is 11.6. The average Bonchev–Trinajstić information content (AvgIpc) is 2.21.